The molecule has 0 bridgehead atoms. The predicted molar refractivity (Wildman–Crippen MR) is 72.9 cm³/mol. The molecule has 0 aliphatic rings. The first-order chi connectivity index (χ1) is 9.19. The highest BCUT2D eigenvalue weighted by molar-refractivity contribution is 5.88. The molecule has 0 amide bonds. The molecule has 2 nitrogen and oxygen atoms in total. The number of fused-ring (bicyclic) bond motifs is 1. The summed E-state index contributed by atoms with van der Waals surface area (Å²) in [5.41, 5.74) is 0.525. The summed E-state index contributed by atoms with van der Waals surface area (Å²) >= 11 is 0. The fourth-order valence-electron chi connectivity index (χ4n) is 2.31. The van der Waals surface area contributed by atoms with Crippen LogP contribution in [-0.2, 0) is 0 Å². The van der Waals surface area contributed by atoms with E-state index >= 15 is 0 Å². The second-order valence-corrected chi connectivity index (χ2v) is 4.27. The van der Waals surface area contributed by atoms with Crippen molar-refractivity contribution in [1.82, 2.24) is 5.32 Å². The SMILES string of the molecule is CCNC(c1c(OC)ccc2ccccc12)C(F)F. The molecule has 0 heterocycles. The topological polar surface area (TPSA) is 21.3 Å². The van der Waals surface area contributed by atoms with Crippen molar-refractivity contribution in [3.05, 3.63) is 42.0 Å². The maximum atomic E-state index is 13.3. The van der Waals surface area contributed by atoms with Gasteiger partial charge in [-0.15, -0.1) is 0 Å². The third-order valence-electron chi connectivity index (χ3n) is 3.14. The minimum Gasteiger partial charge on any atom is -0.496 e. The van der Waals surface area contributed by atoms with Crippen molar-refractivity contribution in [2.75, 3.05) is 13.7 Å². The van der Waals surface area contributed by atoms with E-state index in [-0.39, 0.29) is 0 Å². The lowest BCUT2D eigenvalue weighted by Gasteiger charge is -2.22. The van der Waals surface area contributed by atoms with E-state index in [9.17, 15) is 8.78 Å². The van der Waals surface area contributed by atoms with Crippen LogP contribution in [0.4, 0.5) is 8.78 Å². The van der Waals surface area contributed by atoms with Gasteiger partial charge in [0.1, 0.15) is 5.75 Å². The molecule has 0 saturated heterocycles. The van der Waals surface area contributed by atoms with E-state index < -0.39 is 12.5 Å². The summed E-state index contributed by atoms with van der Waals surface area (Å²) in [5, 5.41) is 4.57. The molecule has 0 aliphatic carbocycles. The van der Waals surface area contributed by atoms with E-state index in [4.69, 9.17) is 4.74 Å². The van der Waals surface area contributed by atoms with E-state index in [1.165, 1.54) is 7.11 Å². The molecule has 1 unspecified atom stereocenters. The Hall–Kier alpha value is -1.68. The van der Waals surface area contributed by atoms with Crippen molar-refractivity contribution in [3.63, 3.8) is 0 Å². The maximum Gasteiger partial charge on any atom is 0.257 e. The quantitative estimate of drug-likeness (QED) is 0.888. The van der Waals surface area contributed by atoms with Gasteiger partial charge in [0.15, 0.2) is 0 Å². The van der Waals surface area contributed by atoms with Gasteiger partial charge >= 0.3 is 0 Å². The first kappa shape index (κ1) is 13.7. The van der Waals surface area contributed by atoms with Crippen LogP contribution in [0.3, 0.4) is 0 Å². The van der Waals surface area contributed by atoms with Crippen LogP contribution in [0.2, 0.25) is 0 Å². The molecule has 0 radical (unpaired) electrons. The maximum absolute atomic E-state index is 13.3. The van der Waals surface area contributed by atoms with Crippen LogP contribution in [0.5, 0.6) is 5.75 Å². The van der Waals surface area contributed by atoms with E-state index in [2.05, 4.69) is 5.32 Å². The van der Waals surface area contributed by atoms with Crippen LogP contribution < -0.4 is 10.1 Å². The third-order valence-corrected chi connectivity index (χ3v) is 3.14. The molecule has 1 N–H and O–H groups in total. The van der Waals surface area contributed by atoms with Crippen LogP contribution in [0.15, 0.2) is 36.4 Å². The Bertz CT molecular complexity index is 557. The zero-order valence-electron chi connectivity index (χ0n) is 11.0. The molecule has 102 valence electrons. The van der Waals surface area contributed by atoms with Crippen LogP contribution in [0.1, 0.15) is 18.5 Å². The predicted octanol–water partition coefficient (Wildman–Crippen LogP) is 3.76. The van der Waals surface area contributed by atoms with Crippen molar-refractivity contribution in [2.24, 2.45) is 0 Å². The first-order valence-corrected chi connectivity index (χ1v) is 6.26. The largest absolute Gasteiger partial charge is 0.496 e. The molecule has 4 heteroatoms. The number of rotatable bonds is 5. The molecule has 0 saturated carbocycles. The van der Waals surface area contributed by atoms with Gasteiger partial charge in [0.05, 0.1) is 13.2 Å². The van der Waals surface area contributed by atoms with Gasteiger partial charge in [-0.3, -0.25) is 0 Å². The third kappa shape index (κ3) is 2.68. The molecule has 0 aliphatic heterocycles. The minimum atomic E-state index is -2.49. The lowest BCUT2D eigenvalue weighted by atomic mass is 9.97. The molecular weight excluding hydrogens is 248 g/mol. The van der Waals surface area contributed by atoms with Crippen molar-refractivity contribution >= 4 is 10.8 Å². The van der Waals surface area contributed by atoms with E-state index in [1.54, 1.807) is 6.07 Å². The number of halogens is 2. The molecule has 19 heavy (non-hydrogen) atoms. The molecule has 1 atom stereocenters. The number of nitrogens with one attached hydrogen (secondary N) is 1. The standard InChI is InChI=1S/C15H17F2NO/c1-3-18-14(15(16)17)13-11-7-5-4-6-10(11)8-9-12(13)19-2/h4-9,14-15,18H,3H2,1-2H3. The van der Waals surface area contributed by atoms with Crippen LogP contribution >= 0.6 is 0 Å². The van der Waals surface area contributed by atoms with Gasteiger partial charge in [0.2, 0.25) is 0 Å². The fraction of sp³-hybridized carbons (Fsp3) is 0.333. The number of methoxy groups -OCH3 is 1. The van der Waals surface area contributed by atoms with Crippen molar-refractivity contribution in [2.45, 2.75) is 19.4 Å². The highest BCUT2D eigenvalue weighted by Gasteiger charge is 2.26. The Morgan fingerprint density at radius 2 is 1.89 bits per heavy atom. The monoisotopic (exact) mass is 265 g/mol. The Labute approximate surface area is 111 Å². The van der Waals surface area contributed by atoms with Crippen LogP contribution in [-0.4, -0.2) is 20.1 Å². The van der Waals surface area contributed by atoms with Crippen molar-refractivity contribution in [3.8, 4) is 5.75 Å². The average Bonchev–Trinajstić information content (AvgIpc) is 2.43. The number of ether oxygens (including phenoxy) is 1. The van der Waals surface area contributed by atoms with Gasteiger partial charge < -0.3 is 10.1 Å². The Kier molecular flexibility index (Phi) is 4.32. The summed E-state index contributed by atoms with van der Waals surface area (Å²) in [6.07, 6.45) is -2.49. The molecule has 0 aromatic heterocycles. The Balaban J connectivity index is 2.66. The molecule has 2 aromatic rings. The normalized spacial score (nSPS) is 12.9. The summed E-state index contributed by atoms with van der Waals surface area (Å²) in [7, 11) is 1.50. The van der Waals surface area contributed by atoms with Crippen LogP contribution in [0.25, 0.3) is 10.8 Å². The smallest absolute Gasteiger partial charge is 0.257 e. The highest BCUT2D eigenvalue weighted by Crippen LogP contribution is 2.35. The zero-order valence-corrected chi connectivity index (χ0v) is 11.0. The lowest BCUT2D eigenvalue weighted by molar-refractivity contribution is 0.0986. The van der Waals surface area contributed by atoms with Crippen molar-refractivity contribution in [1.29, 1.82) is 0 Å². The molecule has 2 aromatic carbocycles. The molecule has 2 rings (SSSR count). The minimum absolute atomic E-state index is 0.474. The second-order valence-electron chi connectivity index (χ2n) is 4.27. The van der Waals surface area contributed by atoms with Crippen LogP contribution in [0, 0.1) is 0 Å². The van der Waals surface area contributed by atoms with Crippen molar-refractivity contribution < 1.29 is 13.5 Å². The van der Waals surface area contributed by atoms with Gasteiger partial charge in [-0.2, -0.15) is 0 Å². The number of alkyl halides is 2. The Morgan fingerprint density at radius 1 is 1.16 bits per heavy atom. The van der Waals surface area contributed by atoms with Gasteiger partial charge in [-0.25, -0.2) is 8.78 Å². The van der Waals surface area contributed by atoms with Gasteiger partial charge in [-0.1, -0.05) is 37.3 Å². The van der Waals surface area contributed by atoms with E-state index in [1.807, 2.05) is 37.3 Å². The summed E-state index contributed by atoms with van der Waals surface area (Å²) in [5.74, 6) is 0.491. The summed E-state index contributed by atoms with van der Waals surface area (Å²) in [4.78, 5) is 0. The number of hydrogen-bond donors (Lipinski definition) is 1. The molecule has 0 spiro atoms. The summed E-state index contributed by atoms with van der Waals surface area (Å²) in [6.45, 7) is 2.29. The first-order valence-electron chi connectivity index (χ1n) is 6.26. The zero-order chi connectivity index (χ0) is 13.8. The average molecular weight is 265 g/mol. The second kappa shape index (κ2) is 5.97. The highest BCUT2D eigenvalue weighted by atomic mass is 19.3. The summed E-state index contributed by atoms with van der Waals surface area (Å²) < 4.78 is 31.9. The Morgan fingerprint density at radius 3 is 2.53 bits per heavy atom. The number of hydrogen-bond acceptors (Lipinski definition) is 2. The fourth-order valence-corrected chi connectivity index (χ4v) is 2.31. The molecule has 0 fully saturated rings. The lowest BCUT2D eigenvalue weighted by Crippen LogP contribution is -2.27. The molecular formula is C15H17F2NO. The van der Waals surface area contributed by atoms with E-state index in [0.29, 0.717) is 17.9 Å². The van der Waals surface area contributed by atoms with Gasteiger partial charge in [0.25, 0.3) is 6.43 Å². The van der Waals surface area contributed by atoms with Gasteiger partial charge in [0, 0.05) is 5.56 Å². The van der Waals surface area contributed by atoms with Gasteiger partial charge in [-0.05, 0) is 23.4 Å². The van der Waals surface area contributed by atoms with E-state index in [0.717, 1.165) is 10.8 Å². The summed E-state index contributed by atoms with van der Waals surface area (Å²) in [6, 6.07) is 10.1. The number of benzene rings is 2.